The van der Waals surface area contributed by atoms with Crippen LogP contribution in [0.5, 0.6) is 0 Å². The van der Waals surface area contributed by atoms with Gasteiger partial charge in [-0.1, -0.05) is 81.5 Å². The number of hydrogen-bond donors (Lipinski definition) is 2. The Kier molecular flexibility index (Phi) is 11.9. The fourth-order valence-electron chi connectivity index (χ4n) is 7.72. The van der Waals surface area contributed by atoms with Crippen LogP contribution in [0.25, 0.3) is 0 Å². The van der Waals surface area contributed by atoms with Crippen molar-refractivity contribution in [1.29, 1.82) is 0 Å². The molecule has 0 bridgehead atoms. The van der Waals surface area contributed by atoms with E-state index in [-0.39, 0.29) is 11.3 Å². The van der Waals surface area contributed by atoms with Gasteiger partial charge in [0.1, 0.15) is 0 Å². The molecule has 0 radical (unpaired) electrons. The zero-order valence-electron chi connectivity index (χ0n) is 22.3. The summed E-state index contributed by atoms with van der Waals surface area (Å²) < 4.78 is 0. The smallest absolute Gasteiger partial charge is 0.303 e. The van der Waals surface area contributed by atoms with Crippen molar-refractivity contribution in [3.63, 3.8) is 0 Å². The summed E-state index contributed by atoms with van der Waals surface area (Å²) in [6.07, 6.45) is 23.5. The number of carbonyl (C=O) groups is 1. The van der Waals surface area contributed by atoms with Crippen LogP contribution in [0, 0.1) is 23.7 Å². The van der Waals surface area contributed by atoms with E-state index >= 15 is 0 Å². The van der Waals surface area contributed by atoms with E-state index in [1.54, 1.807) is 0 Å². The molecule has 3 heteroatoms. The lowest BCUT2D eigenvalue weighted by Gasteiger charge is -2.51. The predicted octanol–water partition coefficient (Wildman–Crippen LogP) is 8.28. The number of allylic oxidation sites excluding steroid dienone is 2. The van der Waals surface area contributed by atoms with Gasteiger partial charge in [0, 0.05) is 6.42 Å². The maximum atomic E-state index is 12.1. The lowest BCUT2D eigenvalue weighted by molar-refractivity contribution is -0.140. The van der Waals surface area contributed by atoms with Gasteiger partial charge >= 0.3 is 5.97 Å². The van der Waals surface area contributed by atoms with E-state index in [0.717, 1.165) is 12.8 Å². The molecular weight excluding hydrogens is 430 g/mol. The number of carboxylic acid groups (broad SMARTS) is 1. The van der Waals surface area contributed by atoms with Gasteiger partial charge in [0.2, 0.25) is 0 Å². The molecule has 0 saturated heterocycles. The molecule has 1 aromatic carbocycles. The van der Waals surface area contributed by atoms with E-state index < -0.39 is 5.97 Å². The number of unbranched alkanes of at least 4 members (excludes halogenated alkanes) is 5. The first-order valence-electron chi connectivity index (χ1n) is 14.7. The molecule has 4 unspecified atom stereocenters. The van der Waals surface area contributed by atoms with E-state index in [2.05, 4.69) is 49.4 Å². The Balaban J connectivity index is 1.69. The minimum atomic E-state index is -0.630. The number of nitrogens with two attached hydrogens (primary N) is 1. The molecule has 0 heterocycles. The fraction of sp³-hybridized carbons (Fsp3) is 0.719. The zero-order valence-corrected chi connectivity index (χ0v) is 22.3. The third-order valence-electron chi connectivity index (χ3n) is 9.32. The van der Waals surface area contributed by atoms with Gasteiger partial charge in [-0.3, -0.25) is 4.79 Å². The summed E-state index contributed by atoms with van der Waals surface area (Å²) in [6, 6.07) is 11.1. The average molecular weight is 482 g/mol. The Bertz CT molecular complexity index is 752. The first-order valence-corrected chi connectivity index (χ1v) is 14.7. The van der Waals surface area contributed by atoms with Crippen LogP contribution in [0.1, 0.15) is 115 Å². The van der Waals surface area contributed by atoms with Crippen LogP contribution >= 0.6 is 0 Å². The van der Waals surface area contributed by atoms with Crippen molar-refractivity contribution in [3.8, 4) is 0 Å². The average Bonchev–Trinajstić information content (AvgIpc) is 3.36. The van der Waals surface area contributed by atoms with E-state index in [9.17, 15) is 9.90 Å². The van der Waals surface area contributed by atoms with Gasteiger partial charge in [-0.25, -0.2) is 0 Å². The summed E-state index contributed by atoms with van der Waals surface area (Å²) >= 11 is 0. The van der Waals surface area contributed by atoms with Crippen molar-refractivity contribution in [2.75, 3.05) is 6.54 Å². The summed E-state index contributed by atoms with van der Waals surface area (Å²) in [5.74, 6) is 1.12. The summed E-state index contributed by atoms with van der Waals surface area (Å²) in [7, 11) is 0. The third kappa shape index (κ3) is 7.68. The third-order valence-corrected chi connectivity index (χ3v) is 9.32. The maximum Gasteiger partial charge on any atom is 0.303 e. The second-order valence-corrected chi connectivity index (χ2v) is 11.4. The molecule has 3 nitrogen and oxygen atoms in total. The van der Waals surface area contributed by atoms with Crippen LogP contribution in [0.2, 0.25) is 0 Å². The highest BCUT2D eigenvalue weighted by Crippen LogP contribution is 2.57. The van der Waals surface area contributed by atoms with Crippen LogP contribution < -0.4 is 5.73 Å². The molecule has 0 amide bonds. The highest BCUT2D eigenvalue weighted by atomic mass is 16.4. The molecular formula is C32H51NO2. The topological polar surface area (TPSA) is 63.3 Å². The summed E-state index contributed by atoms with van der Waals surface area (Å²) in [4.78, 5) is 12.1. The Morgan fingerprint density at radius 2 is 1.69 bits per heavy atom. The summed E-state index contributed by atoms with van der Waals surface area (Å²) in [6.45, 7) is 2.93. The summed E-state index contributed by atoms with van der Waals surface area (Å²) in [5, 5.41) is 9.96. The van der Waals surface area contributed by atoms with Crippen molar-refractivity contribution in [3.05, 3.63) is 48.0 Å². The van der Waals surface area contributed by atoms with Crippen molar-refractivity contribution >= 4 is 5.97 Å². The molecule has 35 heavy (non-hydrogen) atoms. The molecule has 4 atom stereocenters. The van der Waals surface area contributed by atoms with Crippen LogP contribution in [0.15, 0.2) is 42.5 Å². The van der Waals surface area contributed by atoms with Crippen LogP contribution in [0.3, 0.4) is 0 Å². The molecule has 2 aliphatic rings. The Morgan fingerprint density at radius 3 is 2.34 bits per heavy atom. The quantitative estimate of drug-likeness (QED) is 0.196. The fourth-order valence-corrected chi connectivity index (χ4v) is 7.72. The lowest BCUT2D eigenvalue weighted by atomic mass is 9.53. The second-order valence-electron chi connectivity index (χ2n) is 11.4. The summed E-state index contributed by atoms with van der Waals surface area (Å²) in [5.41, 5.74) is 7.75. The van der Waals surface area contributed by atoms with E-state index in [0.29, 0.717) is 30.7 Å². The minimum absolute atomic E-state index is 0.152. The molecule has 2 aliphatic carbocycles. The van der Waals surface area contributed by atoms with Crippen LogP contribution in [-0.2, 0) is 10.2 Å². The number of carboxylic acids is 1. The number of hydrogen-bond acceptors (Lipinski definition) is 2. The van der Waals surface area contributed by atoms with Crippen LogP contribution in [-0.4, -0.2) is 17.6 Å². The van der Waals surface area contributed by atoms with Gasteiger partial charge in [-0.2, -0.15) is 0 Å². The molecule has 3 rings (SSSR count). The standard InChI is InChI=1S/C32H51NO2/c1-2-3-4-5-6-7-8-9-11-16-26-19-20-30(29(25-31(34)35)28(26)21-24-33)32(22-14-15-23-32)27-17-12-10-13-18-27/h7-8,10,12-13,17-18,26,28-30H,2-6,9,11,14-16,19-25,33H2,1H3,(H,34,35). The molecule has 3 N–H and O–H groups in total. The van der Waals surface area contributed by atoms with Crippen molar-refractivity contribution in [2.24, 2.45) is 29.4 Å². The van der Waals surface area contributed by atoms with E-state index in [1.807, 2.05) is 0 Å². The largest absolute Gasteiger partial charge is 0.481 e. The first kappa shape index (κ1) is 28.0. The molecule has 196 valence electrons. The first-order chi connectivity index (χ1) is 17.1. The Hall–Kier alpha value is -1.61. The highest BCUT2D eigenvalue weighted by Gasteiger charge is 2.51. The van der Waals surface area contributed by atoms with Gasteiger partial charge in [0.15, 0.2) is 0 Å². The number of aliphatic carboxylic acids is 1. The molecule has 0 aromatic heterocycles. The molecule has 2 saturated carbocycles. The van der Waals surface area contributed by atoms with E-state index in [1.165, 1.54) is 89.0 Å². The molecule has 0 spiro atoms. The highest BCUT2D eigenvalue weighted by molar-refractivity contribution is 5.67. The van der Waals surface area contributed by atoms with Gasteiger partial charge < -0.3 is 10.8 Å². The normalized spacial score (nSPS) is 26.3. The Morgan fingerprint density at radius 1 is 0.971 bits per heavy atom. The van der Waals surface area contributed by atoms with Gasteiger partial charge in [-0.05, 0) is 105 Å². The van der Waals surface area contributed by atoms with Crippen molar-refractivity contribution in [1.82, 2.24) is 0 Å². The minimum Gasteiger partial charge on any atom is -0.481 e. The van der Waals surface area contributed by atoms with Gasteiger partial charge in [0.25, 0.3) is 0 Å². The Labute approximate surface area is 215 Å². The van der Waals surface area contributed by atoms with Gasteiger partial charge in [0.05, 0.1) is 0 Å². The van der Waals surface area contributed by atoms with Crippen LogP contribution in [0.4, 0.5) is 0 Å². The number of benzene rings is 1. The maximum absolute atomic E-state index is 12.1. The van der Waals surface area contributed by atoms with E-state index in [4.69, 9.17) is 5.73 Å². The molecule has 0 aliphatic heterocycles. The molecule has 2 fully saturated rings. The predicted molar refractivity (Wildman–Crippen MR) is 147 cm³/mol. The molecule has 1 aromatic rings. The van der Waals surface area contributed by atoms with Crippen molar-refractivity contribution in [2.45, 2.75) is 115 Å². The zero-order chi connectivity index (χ0) is 24.9. The number of rotatable bonds is 15. The second kappa shape index (κ2) is 14.8. The van der Waals surface area contributed by atoms with Gasteiger partial charge in [-0.15, -0.1) is 0 Å². The lowest BCUT2D eigenvalue weighted by Crippen LogP contribution is -2.46. The van der Waals surface area contributed by atoms with Crippen molar-refractivity contribution < 1.29 is 9.90 Å². The monoisotopic (exact) mass is 481 g/mol. The SMILES string of the molecule is CCCCCCC=CCCCC1CCC(C2(c3ccccc3)CCCC2)C(CC(=O)O)C1CCN.